The molecule has 27 heavy (non-hydrogen) atoms. The highest BCUT2D eigenvalue weighted by molar-refractivity contribution is 5.78. The molecule has 1 aliphatic heterocycles. The van der Waals surface area contributed by atoms with Crippen molar-refractivity contribution in [2.24, 2.45) is 5.92 Å². The van der Waals surface area contributed by atoms with E-state index in [1.807, 2.05) is 0 Å². The first-order chi connectivity index (χ1) is 13.2. The first-order valence-corrected chi connectivity index (χ1v) is 8.90. The number of aromatic nitrogens is 1. The summed E-state index contributed by atoms with van der Waals surface area (Å²) in [6.45, 7) is 1.73. The average molecular weight is 378 g/mol. The van der Waals surface area contributed by atoms with Gasteiger partial charge in [-0.15, -0.1) is 0 Å². The third kappa shape index (κ3) is 5.35. The van der Waals surface area contributed by atoms with Crippen LogP contribution in [0.3, 0.4) is 0 Å². The first-order valence-electron chi connectivity index (χ1n) is 8.90. The fourth-order valence-electron chi connectivity index (χ4n) is 2.90. The molecular formula is C19H23FN2O5. The number of carbonyl (C=O) groups is 1. The van der Waals surface area contributed by atoms with E-state index in [0.717, 1.165) is 13.0 Å². The van der Waals surface area contributed by atoms with Gasteiger partial charge in [-0.25, -0.2) is 4.39 Å². The van der Waals surface area contributed by atoms with Crippen LogP contribution in [0.15, 0.2) is 28.8 Å². The van der Waals surface area contributed by atoms with E-state index in [1.165, 1.54) is 6.07 Å². The highest BCUT2D eigenvalue weighted by Crippen LogP contribution is 2.18. The van der Waals surface area contributed by atoms with E-state index in [9.17, 15) is 14.3 Å². The molecule has 0 radical (unpaired) electrons. The minimum absolute atomic E-state index is 0.0142. The van der Waals surface area contributed by atoms with Crippen molar-refractivity contribution in [2.45, 2.75) is 32.7 Å². The van der Waals surface area contributed by atoms with Gasteiger partial charge in [0, 0.05) is 30.2 Å². The predicted octanol–water partition coefficient (Wildman–Crippen LogP) is 1.72. The minimum Gasteiger partial charge on any atom is -0.391 e. The molecule has 146 valence electrons. The Kier molecular flexibility index (Phi) is 6.92. The van der Waals surface area contributed by atoms with E-state index in [1.54, 1.807) is 18.2 Å². The van der Waals surface area contributed by atoms with E-state index in [-0.39, 0.29) is 38.0 Å². The molecule has 1 aromatic carbocycles. The highest BCUT2D eigenvalue weighted by Gasteiger charge is 2.20. The number of aliphatic hydroxyl groups is 1. The van der Waals surface area contributed by atoms with Gasteiger partial charge in [0.05, 0.1) is 31.9 Å². The lowest BCUT2D eigenvalue weighted by atomic mass is 10.1. The molecule has 1 amide bonds. The monoisotopic (exact) mass is 378 g/mol. The summed E-state index contributed by atoms with van der Waals surface area (Å²) in [7, 11) is 0. The number of carbonyl (C=O) groups excluding carboxylic acids is 1. The molecule has 8 heteroatoms. The number of hydrogen-bond donors (Lipinski definition) is 2. The van der Waals surface area contributed by atoms with Gasteiger partial charge in [-0.05, 0) is 12.5 Å². The Morgan fingerprint density at radius 1 is 1.37 bits per heavy atom. The molecule has 1 fully saturated rings. The van der Waals surface area contributed by atoms with E-state index < -0.39 is 0 Å². The van der Waals surface area contributed by atoms with E-state index >= 15 is 0 Å². The summed E-state index contributed by atoms with van der Waals surface area (Å²) in [5, 5.41) is 16.3. The Labute approximate surface area is 156 Å². The van der Waals surface area contributed by atoms with Crippen LogP contribution >= 0.6 is 0 Å². The summed E-state index contributed by atoms with van der Waals surface area (Å²) in [5.74, 6) is 0.137. The van der Waals surface area contributed by atoms with Crippen molar-refractivity contribution >= 4 is 5.91 Å². The summed E-state index contributed by atoms with van der Waals surface area (Å²) in [6, 6.07) is 6.33. The second-order valence-corrected chi connectivity index (χ2v) is 6.48. The van der Waals surface area contributed by atoms with Crippen molar-refractivity contribution in [3.8, 4) is 0 Å². The number of nitrogens with zero attached hydrogens (tertiary/aromatic N) is 1. The van der Waals surface area contributed by atoms with E-state index in [0.29, 0.717) is 41.7 Å². The third-order valence-corrected chi connectivity index (χ3v) is 4.50. The van der Waals surface area contributed by atoms with Crippen molar-refractivity contribution in [3.63, 3.8) is 0 Å². The Balaban J connectivity index is 1.51. The predicted molar refractivity (Wildman–Crippen MR) is 93.0 cm³/mol. The molecule has 1 atom stereocenters. The molecule has 2 heterocycles. The molecule has 2 N–H and O–H groups in total. The molecule has 3 rings (SSSR count). The molecule has 1 aliphatic rings. The standard InChI is InChI=1S/C19H23FN2O5/c20-16-4-2-1-3-14(16)11-26-12-18-15(9-23)17(22-27-18)7-19(24)21-8-13-5-6-25-10-13/h1-4,13,23H,5-12H2,(H,21,24). The van der Waals surface area contributed by atoms with Gasteiger partial charge < -0.3 is 24.4 Å². The number of halogens is 1. The van der Waals surface area contributed by atoms with Gasteiger partial charge in [0.1, 0.15) is 12.4 Å². The molecule has 0 saturated carbocycles. The quantitative estimate of drug-likeness (QED) is 0.690. The maximum Gasteiger partial charge on any atom is 0.226 e. The molecule has 1 aromatic heterocycles. The van der Waals surface area contributed by atoms with Gasteiger partial charge in [-0.3, -0.25) is 4.79 Å². The van der Waals surface area contributed by atoms with Gasteiger partial charge in [-0.2, -0.15) is 0 Å². The molecule has 1 saturated heterocycles. The van der Waals surface area contributed by atoms with Gasteiger partial charge in [-0.1, -0.05) is 23.4 Å². The maximum absolute atomic E-state index is 13.6. The SMILES string of the molecule is O=C(Cc1noc(COCc2ccccc2F)c1CO)NCC1CCOC1. The summed E-state index contributed by atoms with van der Waals surface area (Å²) < 4.78 is 29.5. The van der Waals surface area contributed by atoms with Crippen LogP contribution in [0.4, 0.5) is 4.39 Å². The lowest BCUT2D eigenvalue weighted by Gasteiger charge is -2.09. The van der Waals surface area contributed by atoms with Gasteiger partial charge >= 0.3 is 0 Å². The van der Waals surface area contributed by atoms with Crippen LogP contribution in [-0.4, -0.2) is 35.9 Å². The van der Waals surface area contributed by atoms with Gasteiger partial charge in [0.25, 0.3) is 0 Å². The van der Waals surface area contributed by atoms with Crippen molar-refractivity contribution in [1.29, 1.82) is 0 Å². The maximum atomic E-state index is 13.6. The number of benzene rings is 1. The van der Waals surface area contributed by atoms with Crippen LogP contribution < -0.4 is 5.32 Å². The van der Waals surface area contributed by atoms with Gasteiger partial charge in [0.2, 0.25) is 5.91 Å². The Hall–Kier alpha value is -2.29. The smallest absolute Gasteiger partial charge is 0.226 e. The molecule has 0 bridgehead atoms. The summed E-state index contributed by atoms with van der Waals surface area (Å²) in [6.07, 6.45) is 0.954. The Bertz CT molecular complexity index is 758. The lowest BCUT2D eigenvalue weighted by Crippen LogP contribution is -2.31. The zero-order valence-electron chi connectivity index (χ0n) is 14.9. The molecule has 0 spiro atoms. The fourth-order valence-corrected chi connectivity index (χ4v) is 2.90. The number of nitrogens with one attached hydrogen (secondary N) is 1. The Morgan fingerprint density at radius 3 is 2.96 bits per heavy atom. The summed E-state index contributed by atoms with van der Waals surface area (Å²) in [5.41, 5.74) is 1.24. The number of ether oxygens (including phenoxy) is 2. The van der Waals surface area contributed by atoms with Crippen molar-refractivity contribution in [2.75, 3.05) is 19.8 Å². The zero-order chi connectivity index (χ0) is 19.1. The minimum atomic E-state index is -0.345. The number of rotatable bonds is 9. The van der Waals surface area contributed by atoms with Crippen LogP contribution in [0.25, 0.3) is 0 Å². The molecule has 0 aliphatic carbocycles. The second-order valence-electron chi connectivity index (χ2n) is 6.48. The summed E-state index contributed by atoms with van der Waals surface area (Å²) in [4.78, 5) is 12.1. The molecule has 7 nitrogen and oxygen atoms in total. The normalized spacial score (nSPS) is 16.6. The lowest BCUT2D eigenvalue weighted by molar-refractivity contribution is -0.120. The summed E-state index contributed by atoms with van der Waals surface area (Å²) >= 11 is 0. The first kappa shape index (κ1) is 19.5. The molecular weight excluding hydrogens is 355 g/mol. The Morgan fingerprint density at radius 2 is 2.22 bits per heavy atom. The largest absolute Gasteiger partial charge is 0.391 e. The van der Waals surface area contributed by atoms with Gasteiger partial charge in [0.15, 0.2) is 5.76 Å². The second kappa shape index (κ2) is 9.59. The topological polar surface area (TPSA) is 93.8 Å². The third-order valence-electron chi connectivity index (χ3n) is 4.50. The average Bonchev–Trinajstić information content (AvgIpc) is 3.31. The van der Waals surface area contributed by atoms with E-state index in [4.69, 9.17) is 14.0 Å². The fraction of sp³-hybridized carbons (Fsp3) is 0.474. The van der Waals surface area contributed by atoms with Crippen molar-refractivity contribution in [3.05, 3.63) is 52.7 Å². The number of amides is 1. The van der Waals surface area contributed by atoms with E-state index in [2.05, 4.69) is 10.5 Å². The van der Waals surface area contributed by atoms with Crippen LogP contribution in [0.1, 0.15) is 29.0 Å². The van der Waals surface area contributed by atoms with Crippen LogP contribution in [0.2, 0.25) is 0 Å². The molecule has 1 unspecified atom stereocenters. The van der Waals surface area contributed by atoms with Crippen LogP contribution in [0, 0.1) is 11.7 Å². The molecule has 2 aromatic rings. The van der Waals surface area contributed by atoms with Crippen LogP contribution in [-0.2, 0) is 40.5 Å². The highest BCUT2D eigenvalue weighted by atomic mass is 19.1. The zero-order valence-corrected chi connectivity index (χ0v) is 14.9. The number of hydrogen-bond acceptors (Lipinski definition) is 6. The van der Waals surface area contributed by atoms with Crippen molar-refractivity contribution in [1.82, 2.24) is 10.5 Å². The van der Waals surface area contributed by atoms with Crippen molar-refractivity contribution < 1.29 is 28.3 Å². The van der Waals surface area contributed by atoms with Crippen LogP contribution in [0.5, 0.6) is 0 Å². The number of aliphatic hydroxyl groups excluding tert-OH is 1.